The summed E-state index contributed by atoms with van der Waals surface area (Å²) in [5.74, 6) is 1.90. The van der Waals surface area contributed by atoms with Gasteiger partial charge in [0, 0.05) is 43.3 Å². The average molecular weight is 397 g/mol. The van der Waals surface area contributed by atoms with Crippen molar-refractivity contribution >= 4 is 17.3 Å². The maximum absolute atomic E-state index is 4.70. The summed E-state index contributed by atoms with van der Waals surface area (Å²) in [6.07, 6.45) is 4.74. The number of rotatable bonds is 8. The summed E-state index contributed by atoms with van der Waals surface area (Å²) in [5, 5.41) is 7.81. The molecule has 7 heteroatoms. The van der Waals surface area contributed by atoms with Gasteiger partial charge < -0.3 is 15.2 Å². The molecule has 0 atom stereocenters. The Hall–Kier alpha value is -2.67. The van der Waals surface area contributed by atoms with Gasteiger partial charge in [0.2, 0.25) is 0 Å². The molecule has 0 saturated carbocycles. The van der Waals surface area contributed by atoms with Crippen molar-refractivity contribution in [2.45, 2.75) is 40.3 Å². The highest BCUT2D eigenvalue weighted by Gasteiger charge is 2.06. The van der Waals surface area contributed by atoms with Gasteiger partial charge in [-0.25, -0.2) is 15.0 Å². The number of nitrogens with one attached hydrogen (secondary N) is 2. The van der Waals surface area contributed by atoms with Crippen molar-refractivity contribution in [1.29, 1.82) is 0 Å². The van der Waals surface area contributed by atoms with Gasteiger partial charge in [-0.2, -0.15) is 0 Å². The predicted molar refractivity (Wildman–Crippen MR) is 116 cm³/mol. The van der Waals surface area contributed by atoms with Gasteiger partial charge in [0.25, 0.3) is 0 Å². The van der Waals surface area contributed by atoms with Gasteiger partial charge in [0.1, 0.15) is 5.82 Å². The Bertz CT molecular complexity index is 897. The number of hydrogen-bond acceptors (Lipinski definition) is 4. The summed E-state index contributed by atoms with van der Waals surface area (Å²) in [4.78, 5) is 14.9. The van der Waals surface area contributed by atoms with Gasteiger partial charge in [0.05, 0.1) is 17.2 Å². The predicted octanol–water partition coefficient (Wildman–Crippen LogP) is 3.30. The molecule has 6 nitrogen and oxygen atoms in total. The minimum absolute atomic E-state index is 0.648. The molecule has 0 aliphatic heterocycles. The Morgan fingerprint density at radius 3 is 2.71 bits per heavy atom. The molecule has 0 fully saturated rings. The van der Waals surface area contributed by atoms with Crippen LogP contribution in [0.25, 0.3) is 0 Å². The fourth-order valence-corrected chi connectivity index (χ4v) is 3.86. The van der Waals surface area contributed by atoms with E-state index >= 15 is 0 Å². The highest BCUT2D eigenvalue weighted by atomic mass is 32.1. The Labute approximate surface area is 170 Å². The SMILES string of the molecule is CCNC(=NCc1sc(C)nc1C)NCCc1nccn1Cc1ccccc1. The Kier molecular flexibility index (Phi) is 7.19. The molecule has 0 bridgehead atoms. The van der Waals surface area contributed by atoms with Gasteiger partial charge in [-0.15, -0.1) is 11.3 Å². The van der Waals surface area contributed by atoms with Gasteiger partial charge in [-0.3, -0.25) is 0 Å². The van der Waals surface area contributed by atoms with Crippen LogP contribution in [-0.2, 0) is 19.5 Å². The zero-order valence-corrected chi connectivity index (χ0v) is 17.6. The van der Waals surface area contributed by atoms with E-state index in [-0.39, 0.29) is 0 Å². The van der Waals surface area contributed by atoms with E-state index in [2.05, 4.69) is 56.4 Å². The summed E-state index contributed by atoms with van der Waals surface area (Å²) in [5.41, 5.74) is 2.35. The van der Waals surface area contributed by atoms with Crippen LogP contribution in [0.4, 0.5) is 0 Å². The van der Waals surface area contributed by atoms with Crippen molar-refractivity contribution in [1.82, 2.24) is 25.2 Å². The molecular weight excluding hydrogens is 368 g/mol. The highest BCUT2D eigenvalue weighted by Crippen LogP contribution is 2.17. The number of aromatic nitrogens is 3. The molecule has 28 heavy (non-hydrogen) atoms. The third kappa shape index (κ3) is 5.66. The number of thiazole rings is 1. The largest absolute Gasteiger partial charge is 0.357 e. The Morgan fingerprint density at radius 1 is 1.18 bits per heavy atom. The third-order valence-electron chi connectivity index (χ3n) is 4.36. The maximum atomic E-state index is 4.70. The van der Waals surface area contributed by atoms with Crippen molar-refractivity contribution in [3.63, 3.8) is 0 Å². The molecule has 0 radical (unpaired) electrons. The van der Waals surface area contributed by atoms with E-state index in [4.69, 9.17) is 4.99 Å². The summed E-state index contributed by atoms with van der Waals surface area (Å²) >= 11 is 1.71. The van der Waals surface area contributed by atoms with Crippen molar-refractivity contribution < 1.29 is 0 Å². The first kappa shape index (κ1) is 20.1. The van der Waals surface area contributed by atoms with Crippen LogP contribution in [-0.4, -0.2) is 33.6 Å². The van der Waals surface area contributed by atoms with Gasteiger partial charge in [-0.05, 0) is 26.3 Å². The van der Waals surface area contributed by atoms with E-state index in [0.717, 1.165) is 48.5 Å². The minimum atomic E-state index is 0.648. The van der Waals surface area contributed by atoms with Crippen LogP contribution < -0.4 is 10.6 Å². The van der Waals surface area contributed by atoms with E-state index in [1.54, 1.807) is 11.3 Å². The molecule has 0 spiro atoms. The molecule has 0 saturated heterocycles. The topological polar surface area (TPSA) is 67.1 Å². The second-order valence-corrected chi connectivity index (χ2v) is 7.86. The summed E-state index contributed by atoms with van der Waals surface area (Å²) in [6.45, 7) is 9.25. The average Bonchev–Trinajstić information content (AvgIpc) is 3.26. The summed E-state index contributed by atoms with van der Waals surface area (Å²) in [7, 11) is 0. The summed E-state index contributed by atoms with van der Waals surface area (Å²) in [6, 6.07) is 10.5. The molecule has 2 heterocycles. The quantitative estimate of drug-likeness (QED) is 0.453. The first-order chi connectivity index (χ1) is 13.7. The van der Waals surface area contributed by atoms with Crippen molar-refractivity contribution in [2.75, 3.05) is 13.1 Å². The van der Waals surface area contributed by atoms with Crippen LogP contribution in [0.5, 0.6) is 0 Å². The number of nitrogens with zero attached hydrogens (tertiary/aromatic N) is 4. The molecule has 3 rings (SSSR count). The fraction of sp³-hybridized carbons (Fsp3) is 0.381. The monoisotopic (exact) mass is 396 g/mol. The first-order valence-electron chi connectivity index (χ1n) is 9.64. The van der Waals surface area contributed by atoms with Gasteiger partial charge in [0.15, 0.2) is 5.96 Å². The van der Waals surface area contributed by atoms with Crippen LogP contribution in [0.1, 0.15) is 33.9 Å². The van der Waals surface area contributed by atoms with E-state index in [1.807, 2.05) is 32.3 Å². The number of benzene rings is 1. The second kappa shape index (κ2) is 10.0. The maximum Gasteiger partial charge on any atom is 0.191 e. The normalized spacial score (nSPS) is 11.6. The van der Waals surface area contributed by atoms with Crippen molar-refractivity contribution in [2.24, 2.45) is 4.99 Å². The lowest BCUT2D eigenvalue weighted by atomic mass is 10.2. The van der Waals surface area contributed by atoms with E-state index < -0.39 is 0 Å². The fourth-order valence-electron chi connectivity index (χ4n) is 3.00. The summed E-state index contributed by atoms with van der Waals surface area (Å²) < 4.78 is 2.20. The molecule has 3 aromatic rings. The van der Waals surface area contributed by atoms with Crippen molar-refractivity contribution in [3.05, 3.63) is 69.7 Å². The number of imidazole rings is 1. The zero-order chi connectivity index (χ0) is 19.8. The van der Waals surface area contributed by atoms with Crippen LogP contribution in [0, 0.1) is 13.8 Å². The van der Waals surface area contributed by atoms with Crippen molar-refractivity contribution in [3.8, 4) is 0 Å². The molecule has 0 unspecified atom stereocenters. The number of guanidine groups is 1. The third-order valence-corrected chi connectivity index (χ3v) is 5.42. The molecule has 0 amide bonds. The number of aliphatic imine (C=N–C) groups is 1. The first-order valence-corrected chi connectivity index (χ1v) is 10.5. The molecule has 148 valence electrons. The molecule has 1 aromatic carbocycles. The molecular formula is C21H28N6S. The number of aryl methyl sites for hydroxylation is 2. The second-order valence-electron chi connectivity index (χ2n) is 6.57. The van der Waals surface area contributed by atoms with Crippen LogP contribution in [0.3, 0.4) is 0 Å². The zero-order valence-electron chi connectivity index (χ0n) is 16.8. The lowest BCUT2D eigenvalue weighted by Gasteiger charge is -2.12. The minimum Gasteiger partial charge on any atom is -0.357 e. The molecule has 2 N–H and O–H groups in total. The lowest BCUT2D eigenvalue weighted by Crippen LogP contribution is -2.38. The van der Waals surface area contributed by atoms with E-state index in [1.165, 1.54) is 10.4 Å². The van der Waals surface area contributed by atoms with Crippen LogP contribution in [0.2, 0.25) is 0 Å². The van der Waals surface area contributed by atoms with E-state index in [0.29, 0.717) is 6.54 Å². The standard InChI is InChI=1S/C21H28N6S/c1-4-22-21(25-14-19-16(2)26-17(3)28-19)24-11-10-20-23-12-13-27(20)15-18-8-6-5-7-9-18/h5-9,12-13H,4,10-11,14-15H2,1-3H3,(H2,22,24,25). The smallest absolute Gasteiger partial charge is 0.191 e. The van der Waals surface area contributed by atoms with Gasteiger partial charge >= 0.3 is 0 Å². The Balaban J connectivity index is 1.55. The van der Waals surface area contributed by atoms with Crippen LogP contribution >= 0.6 is 11.3 Å². The molecule has 0 aliphatic carbocycles. The Morgan fingerprint density at radius 2 is 2.00 bits per heavy atom. The van der Waals surface area contributed by atoms with Gasteiger partial charge in [-0.1, -0.05) is 30.3 Å². The molecule has 2 aromatic heterocycles. The highest BCUT2D eigenvalue weighted by molar-refractivity contribution is 7.11. The molecule has 0 aliphatic rings. The number of hydrogen-bond donors (Lipinski definition) is 2. The van der Waals surface area contributed by atoms with Crippen LogP contribution in [0.15, 0.2) is 47.7 Å². The lowest BCUT2D eigenvalue weighted by molar-refractivity contribution is 0.694. The van der Waals surface area contributed by atoms with E-state index in [9.17, 15) is 0 Å².